The van der Waals surface area contributed by atoms with Crippen LogP contribution in [0.5, 0.6) is 0 Å². The molecule has 82 valence electrons. The lowest BCUT2D eigenvalue weighted by Crippen LogP contribution is -2.33. The highest BCUT2D eigenvalue weighted by Crippen LogP contribution is 2.38. The minimum Gasteiger partial charge on any atom is -0.316 e. The van der Waals surface area contributed by atoms with Gasteiger partial charge in [0.05, 0.1) is 11.4 Å². The molecule has 1 saturated carbocycles. The van der Waals surface area contributed by atoms with E-state index < -0.39 is 0 Å². The summed E-state index contributed by atoms with van der Waals surface area (Å²) in [4.78, 5) is 0.752. The van der Waals surface area contributed by atoms with E-state index in [-0.39, 0.29) is 11.3 Å². The predicted octanol–water partition coefficient (Wildman–Crippen LogP) is 2.03. The Morgan fingerprint density at radius 2 is 2.07 bits per heavy atom. The fourth-order valence-electron chi connectivity index (χ4n) is 2.23. The highest BCUT2D eigenvalue weighted by atomic mass is 32.2. The van der Waals surface area contributed by atoms with Gasteiger partial charge in [0.2, 0.25) is 0 Å². The third-order valence-corrected chi connectivity index (χ3v) is 4.90. The van der Waals surface area contributed by atoms with Crippen molar-refractivity contribution in [3.63, 3.8) is 0 Å². The Balaban J connectivity index is 2.05. The second-order valence-electron chi connectivity index (χ2n) is 4.13. The fourth-order valence-corrected chi connectivity index (χ4v) is 3.97. The maximum absolute atomic E-state index is 8.97. The molecule has 2 unspecified atom stereocenters. The number of hydrogen-bond donors (Lipinski definition) is 1. The van der Waals surface area contributed by atoms with Gasteiger partial charge < -0.3 is 10.0 Å². The summed E-state index contributed by atoms with van der Waals surface area (Å²) in [6, 6.07) is 2.72. The lowest BCUT2D eigenvalue weighted by atomic mass is 9.95. The van der Waals surface area contributed by atoms with Gasteiger partial charge in [0.1, 0.15) is 10.9 Å². The van der Waals surface area contributed by atoms with E-state index in [1.165, 1.54) is 32.1 Å². The highest BCUT2D eigenvalue weighted by Gasteiger charge is 2.39. The first-order valence-corrected chi connectivity index (χ1v) is 6.63. The van der Waals surface area contributed by atoms with Gasteiger partial charge in [-0.25, -0.2) is 0 Å². The van der Waals surface area contributed by atoms with Crippen LogP contribution in [0.1, 0.15) is 32.1 Å². The number of hydrogen-bond acceptors (Lipinski definition) is 4. The number of rotatable bonds is 1. The molecule has 1 aliphatic carbocycles. The number of thiocarbonyl (C=S) groups is 1. The first-order chi connectivity index (χ1) is 7.24. The van der Waals surface area contributed by atoms with Crippen molar-refractivity contribution in [3.8, 4) is 6.07 Å². The molecule has 0 aromatic rings. The smallest absolute Gasteiger partial charge is 0.124 e. The normalized spacial score (nSPS) is 33.1. The standard InChI is InChI=1S/C10H15N3S2/c11-6-8-9(12)15-13(10(8)14)7-4-2-1-3-5-7/h7-9H,1-5,12H2. The lowest BCUT2D eigenvalue weighted by Gasteiger charge is -2.31. The Hall–Kier alpha value is -0.310. The molecule has 3 nitrogen and oxygen atoms in total. The lowest BCUT2D eigenvalue weighted by molar-refractivity contribution is 0.346. The monoisotopic (exact) mass is 241 g/mol. The van der Waals surface area contributed by atoms with Gasteiger partial charge in [-0.05, 0) is 24.8 Å². The van der Waals surface area contributed by atoms with Crippen molar-refractivity contribution < 1.29 is 0 Å². The highest BCUT2D eigenvalue weighted by molar-refractivity contribution is 8.00. The summed E-state index contributed by atoms with van der Waals surface area (Å²) in [5, 5.41) is 8.80. The molecule has 2 aliphatic rings. The van der Waals surface area contributed by atoms with E-state index in [2.05, 4.69) is 10.4 Å². The van der Waals surface area contributed by atoms with Gasteiger partial charge in [0, 0.05) is 6.04 Å². The van der Waals surface area contributed by atoms with Crippen LogP contribution in [0.4, 0.5) is 0 Å². The summed E-state index contributed by atoms with van der Waals surface area (Å²) in [5.74, 6) is -0.271. The molecule has 1 aliphatic heterocycles. The SMILES string of the molecule is N#CC1C(=S)N(C2CCCCC2)SC1N. The summed E-state index contributed by atoms with van der Waals surface area (Å²) in [6.45, 7) is 0. The first-order valence-electron chi connectivity index (χ1n) is 5.39. The molecule has 2 atom stereocenters. The molecule has 2 N–H and O–H groups in total. The van der Waals surface area contributed by atoms with Crippen molar-refractivity contribution in [3.05, 3.63) is 0 Å². The average molecular weight is 241 g/mol. The van der Waals surface area contributed by atoms with Crippen LogP contribution in [0.2, 0.25) is 0 Å². The van der Waals surface area contributed by atoms with Crippen LogP contribution in [0, 0.1) is 17.2 Å². The number of nitriles is 1. The van der Waals surface area contributed by atoms with Crippen molar-refractivity contribution in [2.24, 2.45) is 11.7 Å². The minimum absolute atomic E-state index is 0.163. The maximum Gasteiger partial charge on any atom is 0.124 e. The molecule has 0 aromatic heterocycles. The number of nitrogens with zero attached hydrogens (tertiary/aromatic N) is 2. The van der Waals surface area contributed by atoms with E-state index in [1.807, 2.05) is 0 Å². The third kappa shape index (κ3) is 2.12. The molecular weight excluding hydrogens is 226 g/mol. The van der Waals surface area contributed by atoms with Crippen molar-refractivity contribution in [1.82, 2.24) is 4.31 Å². The van der Waals surface area contributed by atoms with Crippen LogP contribution in [0.3, 0.4) is 0 Å². The van der Waals surface area contributed by atoms with Crippen LogP contribution in [-0.4, -0.2) is 20.7 Å². The molecule has 2 fully saturated rings. The van der Waals surface area contributed by atoms with Gasteiger partial charge >= 0.3 is 0 Å². The Morgan fingerprint density at radius 1 is 1.40 bits per heavy atom. The van der Waals surface area contributed by atoms with Crippen LogP contribution in [0.15, 0.2) is 0 Å². The third-order valence-electron chi connectivity index (χ3n) is 3.09. The largest absolute Gasteiger partial charge is 0.316 e. The molecule has 0 bridgehead atoms. The van der Waals surface area contributed by atoms with E-state index in [0.717, 1.165) is 4.99 Å². The van der Waals surface area contributed by atoms with Crippen LogP contribution >= 0.6 is 24.2 Å². The van der Waals surface area contributed by atoms with E-state index in [1.54, 1.807) is 11.9 Å². The van der Waals surface area contributed by atoms with Gasteiger partial charge in [0.25, 0.3) is 0 Å². The van der Waals surface area contributed by atoms with E-state index in [9.17, 15) is 0 Å². The molecular formula is C10H15N3S2. The van der Waals surface area contributed by atoms with E-state index in [4.69, 9.17) is 23.2 Å². The first kappa shape index (κ1) is 11.2. The Labute approximate surface area is 100 Å². The van der Waals surface area contributed by atoms with Crippen molar-refractivity contribution in [1.29, 1.82) is 5.26 Å². The fraction of sp³-hybridized carbons (Fsp3) is 0.800. The molecule has 0 spiro atoms. The Kier molecular flexibility index (Phi) is 3.49. The molecule has 2 rings (SSSR count). The Morgan fingerprint density at radius 3 is 2.60 bits per heavy atom. The van der Waals surface area contributed by atoms with Crippen molar-refractivity contribution in [2.75, 3.05) is 0 Å². The zero-order valence-electron chi connectivity index (χ0n) is 8.56. The summed E-state index contributed by atoms with van der Waals surface area (Å²) >= 11 is 6.88. The zero-order valence-corrected chi connectivity index (χ0v) is 10.2. The zero-order chi connectivity index (χ0) is 10.8. The van der Waals surface area contributed by atoms with Gasteiger partial charge in [0.15, 0.2) is 0 Å². The molecule has 0 radical (unpaired) electrons. The summed E-state index contributed by atoms with van der Waals surface area (Å²) in [6.07, 6.45) is 6.26. The molecule has 1 heterocycles. The quantitative estimate of drug-likeness (QED) is 0.562. The summed E-state index contributed by atoms with van der Waals surface area (Å²) in [5.41, 5.74) is 5.89. The van der Waals surface area contributed by atoms with Crippen molar-refractivity contribution >= 4 is 29.2 Å². The van der Waals surface area contributed by atoms with Gasteiger partial charge in [-0.15, -0.1) is 0 Å². The van der Waals surface area contributed by atoms with Crippen LogP contribution < -0.4 is 5.73 Å². The second kappa shape index (κ2) is 4.69. The topological polar surface area (TPSA) is 53.0 Å². The molecule has 15 heavy (non-hydrogen) atoms. The average Bonchev–Trinajstić information content (AvgIpc) is 2.55. The van der Waals surface area contributed by atoms with Gasteiger partial charge in [-0.3, -0.25) is 0 Å². The molecule has 5 heteroatoms. The number of nitrogens with two attached hydrogens (primary N) is 1. The summed E-state index contributed by atoms with van der Waals surface area (Å²) in [7, 11) is 0. The molecule has 0 amide bonds. The Bertz CT molecular complexity index is 294. The van der Waals surface area contributed by atoms with Gasteiger partial charge in [-0.2, -0.15) is 5.26 Å². The predicted molar refractivity (Wildman–Crippen MR) is 66.0 cm³/mol. The van der Waals surface area contributed by atoms with Crippen LogP contribution in [-0.2, 0) is 0 Å². The van der Waals surface area contributed by atoms with Gasteiger partial charge in [-0.1, -0.05) is 31.5 Å². The minimum atomic E-state index is -0.271. The van der Waals surface area contributed by atoms with E-state index >= 15 is 0 Å². The maximum atomic E-state index is 8.97. The summed E-state index contributed by atoms with van der Waals surface area (Å²) < 4.78 is 2.13. The van der Waals surface area contributed by atoms with Crippen LogP contribution in [0.25, 0.3) is 0 Å². The second-order valence-corrected chi connectivity index (χ2v) is 5.70. The van der Waals surface area contributed by atoms with Crippen molar-refractivity contribution in [2.45, 2.75) is 43.5 Å². The molecule has 1 saturated heterocycles. The molecule has 0 aromatic carbocycles. The van der Waals surface area contributed by atoms with E-state index in [0.29, 0.717) is 6.04 Å².